The second-order valence-corrected chi connectivity index (χ2v) is 3.83. The number of ether oxygens (including phenoxy) is 2. The van der Waals surface area contributed by atoms with Gasteiger partial charge in [0.2, 0.25) is 6.79 Å². The van der Waals surface area contributed by atoms with Gasteiger partial charge in [0.05, 0.1) is 11.0 Å². The summed E-state index contributed by atoms with van der Waals surface area (Å²) in [6.07, 6.45) is 0. The van der Waals surface area contributed by atoms with E-state index in [1.807, 2.05) is 19.0 Å². The minimum Gasteiger partial charge on any atom is -0.454 e. The molecule has 0 aliphatic carbocycles. The maximum atomic E-state index is 10.9. The fourth-order valence-corrected chi connectivity index (χ4v) is 1.61. The minimum atomic E-state index is -0.402. The van der Waals surface area contributed by atoms with E-state index in [1.54, 1.807) is 6.07 Å². The lowest BCUT2D eigenvalue weighted by Gasteiger charge is -2.10. The molecule has 0 radical (unpaired) electrons. The summed E-state index contributed by atoms with van der Waals surface area (Å²) >= 11 is 0. The van der Waals surface area contributed by atoms with Crippen LogP contribution in [0.4, 0.5) is 5.69 Å². The van der Waals surface area contributed by atoms with Gasteiger partial charge in [0.25, 0.3) is 5.69 Å². The molecule has 0 unspecified atom stereocenters. The molecule has 2 rings (SSSR count). The van der Waals surface area contributed by atoms with Crippen molar-refractivity contribution in [1.82, 2.24) is 4.90 Å². The molecule has 0 amide bonds. The summed E-state index contributed by atoms with van der Waals surface area (Å²) < 4.78 is 10.3. The molecule has 0 saturated heterocycles. The first-order valence-corrected chi connectivity index (χ1v) is 4.79. The summed E-state index contributed by atoms with van der Waals surface area (Å²) in [5, 5.41) is 10.9. The molecule has 1 aromatic carbocycles. The third-order valence-corrected chi connectivity index (χ3v) is 2.26. The SMILES string of the molecule is CN(C)Cc1cc2c(cc1[N+](=O)[O-])OCO2. The topological polar surface area (TPSA) is 64.8 Å². The highest BCUT2D eigenvalue weighted by molar-refractivity contribution is 5.55. The van der Waals surface area contributed by atoms with Crippen molar-refractivity contribution in [2.45, 2.75) is 6.54 Å². The molecule has 0 bridgehead atoms. The fraction of sp³-hybridized carbons (Fsp3) is 0.400. The number of hydrogen-bond donors (Lipinski definition) is 0. The van der Waals surface area contributed by atoms with Gasteiger partial charge in [-0.05, 0) is 20.2 Å². The second-order valence-electron chi connectivity index (χ2n) is 3.83. The van der Waals surface area contributed by atoms with Crippen LogP contribution in [0.25, 0.3) is 0 Å². The van der Waals surface area contributed by atoms with E-state index in [1.165, 1.54) is 6.07 Å². The normalized spacial score (nSPS) is 13.2. The van der Waals surface area contributed by atoms with Gasteiger partial charge in [0.15, 0.2) is 11.5 Å². The highest BCUT2D eigenvalue weighted by Crippen LogP contribution is 2.38. The third kappa shape index (κ3) is 1.92. The van der Waals surface area contributed by atoms with Crippen LogP contribution in [0, 0.1) is 10.1 Å². The van der Waals surface area contributed by atoms with Gasteiger partial charge in [0, 0.05) is 12.1 Å². The van der Waals surface area contributed by atoms with Gasteiger partial charge in [-0.3, -0.25) is 10.1 Å². The van der Waals surface area contributed by atoms with Crippen molar-refractivity contribution < 1.29 is 14.4 Å². The average Bonchev–Trinajstić information content (AvgIpc) is 2.62. The standard InChI is InChI=1S/C10H12N2O4/c1-11(2)5-7-3-9-10(16-6-15-9)4-8(7)12(13)14/h3-4H,5-6H2,1-2H3. The minimum absolute atomic E-state index is 0.0675. The van der Waals surface area contributed by atoms with E-state index in [4.69, 9.17) is 9.47 Å². The molecule has 0 N–H and O–H groups in total. The predicted octanol–water partition coefficient (Wildman–Crippen LogP) is 1.39. The van der Waals surface area contributed by atoms with Gasteiger partial charge in [-0.2, -0.15) is 0 Å². The summed E-state index contributed by atoms with van der Waals surface area (Å²) in [6, 6.07) is 3.08. The Balaban J connectivity index is 2.44. The molecule has 6 heteroatoms. The molecular weight excluding hydrogens is 212 g/mol. The number of rotatable bonds is 3. The Morgan fingerprint density at radius 3 is 2.56 bits per heavy atom. The van der Waals surface area contributed by atoms with Crippen LogP contribution in [0.1, 0.15) is 5.56 Å². The molecular formula is C10H12N2O4. The average molecular weight is 224 g/mol. The van der Waals surface area contributed by atoms with Crippen molar-refractivity contribution in [3.8, 4) is 11.5 Å². The van der Waals surface area contributed by atoms with E-state index in [0.717, 1.165) is 0 Å². The van der Waals surface area contributed by atoms with E-state index >= 15 is 0 Å². The Kier molecular flexibility index (Phi) is 2.66. The van der Waals surface area contributed by atoms with Gasteiger partial charge in [-0.15, -0.1) is 0 Å². The van der Waals surface area contributed by atoms with Crippen molar-refractivity contribution >= 4 is 5.69 Å². The van der Waals surface area contributed by atoms with Crippen molar-refractivity contribution in [2.24, 2.45) is 0 Å². The van der Waals surface area contributed by atoms with Gasteiger partial charge in [-0.1, -0.05) is 0 Å². The van der Waals surface area contributed by atoms with Gasteiger partial charge in [-0.25, -0.2) is 0 Å². The summed E-state index contributed by atoms with van der Waals surface area (Å²) in [7, 11) is 3.71. The summed E-state index contributed by atoms with van der Waals surface area (Å²) in [4.78, 5) is 12.4. The van der Waals surface area contributed by atoms with Crippen LogP contribution in [0.5, 0.6) is 11.5 Å². The first-order valence-electron chi connectivity index (χ1n) is 4.79. The third-order valence-electron chi connectivity index (χ3n) is 2.26. The Labute approximate surface area is 92.5 Å². The summed E-state index contributed by atoms with van der Waals surface area (Å²) in [6.45, 7) is 0.616. The molecule has 1 aliphatic heterocycles. The van der Waals surface area contributed by atoms with E-state index in [9.17, 15) is 10.1 Å². The number of nitro benzene ring substituents is 1. The van der Waals surface area contributed by atoms with Crippen LogP contribution in [-0.2, 0) is 6.54 Å². The molecule has 0 spiro atoms. The van der Waals surface area contributed by atoms with Crippen molar-refractivity contribution in [3.05, 3.63) is 27.8 Å². The van der Waals surface area contributed by atoms with Crippen molar-refractivity contribution in [1.29, 1.82) is 0 Å². The molecule has 6 nitrogen and oxygen atoms in total. The largest absolute Gasteiger partial charge is 0.454 e. The van der Waals surface area contributed by atoms with Gasteiger partial charge < -0.3 is 14.4 Å². The van der Waals surface area contributed by atoms with Gasteiger partial charge >= 0.3 is 0 Å². The second kappa shape index (κ2) is 3.97. The highest BCUT2D eigenvalue weighted by Gasteiger charge is 2.23. The van der Waals surface area contributed by atoms with Crippen molar-refractivity contribution in [3.63, 3.8) is 0 Å². The van der Waals surface area contributed by atoms with Crippen LogP contribution in [0.15, 0.2) is 12.1 Å². The number of benzene rings is 1. The molecule has 16 heavy (non-hydrogen) atoms. The zero-order valence-electron chi connectivity index (χ0n) is 9.10. The highest BCUT2D eigenvalue weighted by atomic mass is 16.7. The maximum absolute atomic E-state index is 10.9. The monoisotopic (exact) mass is 224 g/mol. The molecule has 0 saturated carbocycles. The molecule has 0 atom stereocenters. The Bertz CT molecular complexity index is 431. The zero-order valence-corrected chi connectivity index (χ0v) is 9.10. The molecule has 86 valence electrons. The fourth-order valence-electron chi connectivity index (χ4n) is 1.61. The Morgan fingerprint density at radius 1 is 1.38 bits per heavy atom. The quantitative estimate of drug-likeness (QED) is 0.573. The van der Waals surface area contributed by atoms with Crippen LogP contribution in [0.2, 0.25) is 0 Å². The lowest BCUT2D eigenvalue weighted by atomic mass is 10.1. The van der Waals surface area contributed by atoms with E-state index < -0.39 is 4.92 Å². The van der Waals surface area contributed by atoms with Crippen LogP contribution >= 0.6 is 0 Å². The zero-order chi connectivity index (χ0) is 11.7. The van der Waals surface area contributed by atoms with E-state index in [0.29, 0.717) is 23.6 Å². The predicted molar refractivity (Wildman–Crippen MR) is 56.6 cm³/mol. The van der Waals surface area contributed by atoms with Crippen molar-refractivity contribution in [2.75, 3.05) is 20.9 Å². The molecule has 1 heterocycles. The number of fused-ring (bicyclic) bond motifs is 1. The molecule has 1 aromatic rings. The van der Waals surface area contributed by atoms with Crippen LogP contribution in [0.3, 0.4) is 0 Å². The first kappa shape index (κ1) is 10.7. The maximum Gasteiger partial charge on any atom is 0.277 e. The molecule has 0 aromatic heterocycles. The summed E-state index contributed by atoms with van der Waals surface area (Å²) in [5.74, 6) is 1.01. The lowest BCUT2D eigenvalue weighted by molar-refractivity contribution is -0.385. The van der Waals surface area contributed by atoms with E-state index in [2.05, 4.69) is 0 Å². The van der Waals surface area contributed by atoms with Crippen LogP contribution < -0.4 is 9.47 Å². The van der Waals surface area contributed by atoms with Gasteiger partial charge in [0.1, 0.15) is 0 Å². The Hall–Kier alpha value is -1.82. The Morgan fingerprint density at radius 2 is 2.00 bits per heavy atom. The van der Waals surface area contributed by atoms with Crippen LogP contribution in [-0.4, -0.2) is 30.7 Å². The summed E-state index contributed by atoms with van der Waals surface area (Å²) in [5.41, 5.74) is 0.692. The number of hydrogen-bond acceptors (Lipinski definition) is 5. The first-order chi connectivity index (χ1) is 7.58. The lowest BCUT2D eigenvalue weighted by Crippen LogP contribution is -2.12. The van der Waals surface area contributed by atoms with E-state index in [-0.39, 0.29) is 12.5 Å². The number of nitro groups is 1. The smallest absolute Gasteiger partial charge is 0.277 e. The molecule has 0 fully saturated rings. The molecule has 1 aliphatic rings. The number of nitrogens with zero attached hydrogens (tertiary/aromatic N) is 2.